The SMILES string of the molecule is CCN(C(=O)CNC(=O)CNC(=O)OCC1c2ccccc2-c2ccccc21)C(C)CC(=O)O. The van der Waals surface area contributed by atoms with E-state index in [0.717, 1.165) is 22.3 Å². The van der Waals surface area contributed by atoms with Gasteiger partial charge in [0.2, 0.25) is 11.8 Å². The largest absolute Gasteiger partial charge is 0.481 e. The number of benzene rings is 2. The minimum Gasteiger partial charge on any atom is -0.481 e. The number of hydrogen-bond acceptors (Lipinski definition) is 5. The summed E-state index contributed by atoms with van der Waals surface area (Å²) in [5.41, 5.74) is 4.42. The van der Waals surface area contributed by atoms with Crippen molar-refractivity contribution in [2.24, 2.45) is 0 Å². The molecule has 0 aromatic heterocycles. The smallest absolute Gasteiger partial charge is 0.407 e. The van der Waals surface area contributed by atoms with Crippen molar-refractivity contribution in [1.29, 1.82) is 0 Å². The van der Waals surface area contributed by atoms with Crippen molar-refractivity contribution in [3.63, 3.8) is 0 Å². The van der Waals surface area contributed by atoms with E-state index in [9.17, 15) is 19.2 Å². The van der Waals surface area contributed by atoms with E-state index in [1.165, 1.54) is 4.90 Å². The van der Waals surface area contributed by atoms with E-state index >= 15 is 0 Å². The molecule has 3 amide bonds. The fourth-order valence-electron chi connectivity index (χ4n) is 4.24. The van der Waals surface area contributed by atoms with Crippen LogP contribution in [0.2, 0.25) is 0 Å². The van der Waals surface area contributed by atoms with Crippen LogP contribution in [-0.4, -0.2) is 66.2 Å². The maximum Gasteiger partial charge on any atom is 0.407 e. The number of carbonyl (C=O) groups excluding carboxylic acids is 3. The fourth-order valence-corrected chi connectivity index (χ4v) is 4.24. The molecule has 0 spiro atoms. The molecule has 1 unspecified atom stereocenters. The Hall–Kier alpha value is -3.88. The van der Waals surface area contributed by atoms with Gasteiger partial charge in [-0.1, -0.05) is 48.5 Å². The van der Waals surface area contributed by atoms with Crippen molar-refractivity contribution in [2.45, 2.75) is 32.2 Å². The predicted molar refractivity (Wildman–Crippen MR) is 125 cm³/mol. The zero-order chi connectivity index (χ0) is 24.7. The molecule has 2 aromatic rings. The van der Waals surface area contributed by atoms with E-state index in [1.54, 1.807) is 13.8 Å². The number of alkyl carbamates (subject to hydrolysis) is 1. The van der Waals surface area contributed by atoms with Crippen LogP contribution in [0.5, 0.6) is 0 Å². The van der Waals surface area contributed by atoms with Gasteiger partial charge in [0.1, 0.15) is 13.2 Å². The Labute approximate surface area is 198 Å². The molecule has 180 valence electrons. The highest BCUT2D eigenvalue weighted by Gasteiger charge is 2.29. The molecule has 0 heterocycles. The van der Waals surface area contributed by atoms with Crippen LogP contribution in [-0.2, 0) is 19.1 Å². The number of carboxylic acids is 1. The van der Waals surface area contributed by atoms with Crippen LogP contribution in [0.15, 0.2) is 48.5 Å². The summed E-state index contributed by atoms with van der Waals surface area (Å²) in [6.45, 7) is 3.19. The highest BCUT2D eigenvalue weighted by molar-refractivity contribution is 5.87. The Morgan fingerprint density at radius 2 is 1.56 bits per heavy atom. The quantitative estimate of drug-likeness (QED) is 0.493. The van der Waals surface area contributed by atoms with Crippen LogP contribution in [0.25, 0.3) is 11.1 Å². The molecule has 1 atom stereocenters. The van der Waals surface area contributed by atoms with Crippen molar-refractivity contribution in [1.82, 2.24) is 15.5 Å². The molecule has 0 radical (unpaired) electrons. The number of nitrogens with one attached hydrogen (secondary N) is 2. The van der Waals surface area contributed by atoms with Gasteiger partial charge in [0.25, 0.3) is 0 Å². The number of hydrogen-bond donors (Lipinski definition) is 3. The van der Waals surface area contributed by atoms with Gasteiger partial charge in [0.05, 0.1) is 13.0 Å². The van der Waals surface area contributed by atoms with E-state index in [1.807, 2.05) is 48.5 Å². The third-order valence-electron chi connectivity index (χ3n) is 5.84. The number of carbonyl (C=O) groups is 4. The number of carboxylic acid groups (broad SMARTS) is 1. The van der Waals surface area contributed by atoms with Crippen LogP contribution < -0.4 is 10.6 Å². The van der Waals surface area contributed by atoms with Crippen molar-refractivity contribution in [2.75, 3.05) is 26.2 Å². The first-order valence-corrected chi connectivity index (χ1v) is 11.2. The molecule has 3 N–H and O–H groups in total. The molecule has 0 saturated heterocycles. The Morgan fingerprint density at radius 1 is 0.971 bits per heavy atom. The number of fused-ring (bicyclic) bond motifs is 3. The third kappa shape index (κ3) is 5.92. The van der Waals surface area contributed by atoms with Gasteiger partial charge in [0.15, 0.2) is 0 Å². The number of amides is 3. The van der Waals surface area contributed by atoms with Gasteiger partial charge in [-0.3, -0.25) is 14.4 Å². The van der Waals surface area contributed by atoms with E-state index in [2.05, 4.69) is 10.6 Å². The highest BCUT2D eigenvalue weighted by atomic mass is 16.5. The molecule has 0 fully saturated rings. The van der Waals surface area contributed by atoms with Gasteiger partial charge in [0, 0.05) is 18.5 Å². The van der Waals surface area contributed by atoms with E-state index in [4.69, 9.17) is 9.84 Å². The molecule has 1 aliphatic rings. The van der Waals surface area contributed by atoms with Crippen LogP contribution in [0.1, 0.15) is 37.3 Å². The first-order valence-electron chi connectivity index (χ1n) is 11.2. The van der Waals surface area contributed by atoms with Gasteiger partial charge >= 0.3 is 12.1 Å². The second-order valence-corrected chi connectivity index (χ2v) is 8.08. The Bertz CT molecular complexity index is 1020. The van der Waals surface area contributed by atoms with Crippen LogP contribution in [0.3, 0.4) is 0 Å². The topological polar surface area (TPSA) is 125 Å². The van der Waals surface area contributed by atoms with E-state index < -0.39 is 29.9 Å². The van der Waals surface area contributed by atoms with Crippen LogP contribution in [0, 0.1) is 0 Å². The molecule has 9 heteroatoms. The van der Waals surface area contributed by atoms with E-state index in [0.29, 0.717) is 6.54 Å². The maximum atomic E-state index is 12.3. The molecule has 2 aromatic carbocycles. The average molecular weight is 468 g/mol. The number of aliphatic carboxylic acids is 1. The fraction of sp³-hybridized carbons (Fsp3) is 0.360. The first-order chi connectivity index (χ1) is 16.3. The third-order valence-corrected chi connectivity index (χ3v) is 5.84. The minimum absolute atomic E-state index is 0.0857. The summed E-state index contributed by atoms with van der Waals surface area (Å²) >= 11 is 0. The summed E-state index contributed by atoms with van der Waals surface area (Å²) < 4.78 is 5.38. The van der Waals surface area contributed by atoms with Crippen LogP contribution in [0.4, 0.5) is 4.79 Å². The van der Waals surface area contributed by atoms with Crippen molar-refractivity contribution in [3.8, 4) is 11.1 Å². The summed E-state index contributed by atoms with van der Waals surface area (Å²) in [5, 5.41) is 13.7. The maximum absolute atomic E-state index is 12.3. The van der Waals surface area contributed by atoms with Gasteiger partial charge in [-0.15, -0.1) is 0 Å². The number of likely N-dealkylation sites (N-methyl/N-ethyl adjacent to an activating group) is 1. The predicted octanol–water partition coefficient (Wildman–Crippen LogP) is 2.35. The Morgan fingerprint density at radius 3 is 2.12 bits per heavy atom. The molecular weight excluding hydrogens is 438 g/mol. The number of rotatable bonds is 10. The van der Waals surface area contributed by atoms with Crippen molar-refractivity contribution < 1.29 is 29.0 Å². The lowest BCUT2D eigenvalue weighted by molar-refractivity contribution is -0.140. The Balaban J connectivity index is 1.44. The molecule has 0 aliphatic heterocycles. The molecule has 0 saturated carbocycles. The summed E-state index contributed by atoms with van der Waals surface area (Å²) in [6.07, 6.45) is -0.912. The number of nitrogens with zero attached hydrogens (tertiary/aromatic N) is 1. The Kier molecular flexibility index (Phi) is 8.24. The van der Waals surface area contributed by atoms with Crippen LogP contribution >= 0.6 is 0 Å². The summed E-state index contributed by atoms with van der Waals surface area (Å²) in [7, 11) is 0. The average Bonchev–Trinajstić information content (AvgIpc) is 3.13. The zero-order valence-electron chi connectivity index (χ0n) is 19.2. The molecule has 3 rings (SSSR count). The molecule has 0 bridgehead atoms. The lowest BCUT2D eigenvalue weighted by Gasteiger charge is -2.27. The first kappa shape index (κ1) is 24.8. The second kappa shape index (κ2) is 11.3. The monoisotopic (exact) mass is 467 g/mol. The molecule has 1 aliphatic carbocycles. The van der Waals surface area contributed by atoms with Crippen molar-refractivity contribution >= 4 is 23.9 Å². The van der Waals surface area contributed by atoms with Gasteiger partial charge in [-0.25, -0.2) is 4.79 Å². The second-order valence-electron chi connectivity index (χ2n) is 8.08. The highest BCUT2D eigenvalue weighted by Crippen LogP contribution is 2.44. The lowest BCUT2D eigenvalue weighted by Crippen LogP contribution is -2.46. The zero-order valence-corrected chi connectivity index (χ0v) is 19.2. The normalized spacial score (nSPS) is 12.8. The van der Waals surface area contributed by atoms with Crippen molar-refractivity contribution in [3.05, 3.63) is 59.7 Å². The molecule has 9 nitrogen and oxygen atoms in total. The van der Waals surface area contributed by atoms with E-state index in [-0.39, 0.29) is 32.0 Å². The molecular formula is C25H29N3O6. The summed E-state index contributed by atoms with van der Waals surface area (Å²) in [5.74, 6) is -2.04. The van der Waals surface area contributed by atoms with Gasteiger partial charge in [-0.05, 0) is 36.1 Å². The lowest BCUT2D eigenvalue weighted by atomic mass is 9.98. The molecule has 34 heavy (non-hydrogen) atoms. The van der Waals surface area contributed by atoms with Gasteiger partial charge in [-0.2, -0.15) is 0 Å². The van der Waals surface area contributed by atoms with Gasteiger partial charge < -0.3 is 25.4 Å². The summed E-state index contributed by atoms with van der Waals surface area (Å²) in [6, 6.07) is 15.5. The standard InChI is InChI=1S/C25H29N3O6/c1-3-28(16(2)12-24(31)32)23(30)14-26-22(29)13-27-25(33)34-15-21-19-10-6-4-8-17(19)18-9-5-7-11-20(18)21/h4-11,16,21H,3,12-15H2,1-2H3,(H,26,29)(H,27,33)(H,31,32). The number of ether oxygens (including phenoxy) is 1. The summed E-state index contributed by atoms with van der Waals surface area (Å²) in [4.78, 5) is 48.8. The minimum atomic E-state index is -1.00.